The second kappa shape index (κ2) is 8.50. The first-order valence-corrected chi connectivity index (χ1v) is 11.1. The van der Waals surface area contributed by atoms with E-state index in [4.69, 9.17) is 0 Å². The van der Waals surface area contributed by atoms with E-state index in [1.54, 1.807) is 0 Å². The van der Waals surface area contributed by atoms with Crippen LogP contribution in [0.25, 0.3) is 22.3 Å². The van der Waals surface area contributed by atoms with Gasteiger partial charge in [-0.1, -0.05) is 42.5 Å². The van der Waals surface area contributed by atoms with Gasteiger partial charge in [-0.05, 0) is 61.4 Å². The Morgan fingerprint density at radius 1 is 0.906 bits per heavy atom. The Hall–Kier alpha value is -3.60. The Balaban J connectivity index is 1.26. The van der Waals surface area contributed by atoms with Gasteiger partial charge in [-0.2, -0.15) is 0 Å². The fourth-order valence-corrected chi connectivity index (χ4v) is 4.44. The number of benzene rings is 2. The molecule has 5 rings (SSSR count). The second-order valence-corrected chi connectivity index (χ2v) is 8.54. The Morgan fingerprint density at radius 3 is 2.44 bits per heavy atom. The molecule has 2 aromatic carbocycles. The van der Waals surface area contributed by atoms with Gasteiger partial charge in [0, 0.05) is 36.4 Å². The Labute approximate surface area is 188 Å². The highest BCUT2D eigenvalue weighted by Gasteiger charge is 2.26. The van der Waals surface area contributed by atoms with Crippen LogP contribution >= 0.6 is 0 Å². The van der Waals surface area contributed by atoms with E-state index >= 15 is 0 Å². The maximum atomic E-state index is 13.0. The number of nitrogens with zero attached hydrogens (tertiary/aromatic N) is 4. The number of aryl methyl sites for hydroxylation is 1. The molecule has 3 heterocycles. The largest absolute Gasteiger partial charge is 0.337 e. The van der Waals surface area contributed by atoms with Crippen LogP contribution in [0.1, 0.15) is 45.9 Å². The molecular formula is C27H26N4O. The van der Waals surface area contributed by atoms with Crippen LogP contribution in [0.15, 0.2) is 67.0 Å². The average molecular weight is 423 g/mol. The zero-order valence-electron chi connectivity index (χ0n) is 18.5. The number of likely N-dealkylation sites (tertiary alicyclic amines) is 1. The molecule has 5 heteroatoms. The monoisotopic (exact) mass is 422 g/mol. The summed E-state index contributed by atoms with van der Waals surface area (Å²) in [6.45, 7) is 5.66. The molecule has 4 aromatic rings. The van der Waals surface area contributed by atoms with Gasteiger partial charge < -0.3 is 4.90 Å². The van der Waals surface area contributed by atoms with Gasteiger partial charge in [0.25, 0.3) is 5.91 Å². The zero-order valence-corrected chi connectivity index (χ0v) is 18.5. The second-order valence-electron chi connectivity index (χ2n) is 8.54. The SMILES string of the molecule is Cc1cccc(-c2ncc(C3CCN(C(=O)c4ccc5ccccc5n4)CC3)cn2)c1C. The van der Waals surface area contributed by atoms with E-state index in [-0.39, 0.29) is 5.91 Å². The van der Waals surface area contributed by atoms with E-state index in [0.29, 0.717) is 11.6 Å². The fourth-order valence-electron chi connectivity index (χ4n) is 4.44. The lowest BCUT2D eigenvalue weighted by molar-refractivity contribution is 0.0707. The molecule has 0 unspecified atom stereocenters. The number of aromatic nitrogens is 3. The molecular weight excluding hydrogens is 396 g/mol. The van der Waals surface area contributed by atoms with Gasteiger partial charge in [0.15, 0.2) is 5.82 Å². The van der Waals surface area contributed by atoms with Gasteiger partial charge >= 0.3 is 0 Å². The normalized spacial score (nSPS) is 14.6. The molecule has 0 atom stereocenters. The predicted molar refractivity (Wildman–Crippen MR) is 127 cm³/mol. The summed E-state index contributed by atoms with van der Waals surface area (Å²) in [7, 11) is 0. The van der Waals surface area contributed by atoms with Gasteiger partial charge in [-0.25, -0.2) is 15.0 Å². The molecule has 1 amide bonds. The first-order chi connectivity index (χ1) is 15.6. The van der Waals surface area contributed by atoms with Gasteiger partial charge in [0.1, 0.15) is 5.69 Å². The number of amides is 1. The summed E-state index contributed by atoms with van der Waals surface area (Å²) in [5.74, 6) is 1.15. The van der Waals surface area contributed by atoms with Crippen LogP contribution in [0.5, 0.6) is 0 Å². The van der Waals surface area contributed by atoms with E-state index in [1.807, 2.05) is 59.8 Å². The number of fused-ring (bicyclic) bond motifs is 1. The molecule has 0 saturated carbocycles. The topological polar surface area (TPSA) is 59.0 Å². The molecule has 0 N–H and O–H groups in total. The number of carbonyl (C=O) groups is 1. The van der Waals surface area contributed by atoms with Crippen molar-refractivity contribution in [2.24, 2.45) is 0 Å². The summed E-state index contributed by atoms with van der Waals surface area (Å²) in [5, 5.41) is 1.05. The Bertz CT molecular complexity index is 1270. The summed E-state index contributed by atoms with van der Waals surface area (Å²) in [6, 6.07) is 17.9. The third-order valence-corrected chi connectivity index (χ3v) is 6.59. The van der Waals surface area contributed by atoms with Gasteiger partial charge in [0.05, 0.1) is 5.52 Å². The van der Waals surface area contributed by atoms with Crippen molar-refractivity contribution in [2.75, 3.05) is 13.1 Å². The molecule has 1 aliphatic heterocycles. The molecule has 0 bridgehead atoms. The van der Waals surface area contributed by atoms with Crippen molar-refractivity contribution in [3.8, 4) is 11.4 Å². The molecule has 32 heavy (non-hydrogen) atoms. The minimum atomic E-state index is 0.00993. The highest BCUT2D eigenvalue weighted by molar-refractivity contribution is 5.95. The van der Waals surface area contributed by atoms with Crippen molar-refractivity contribution in [3.63, 3.8) is 0 Å². The fraction of sp³-hybridized carbons (Fsp3) is 0.259. The van der Waals surface area contributed by atoms with E-state index in [0.717, 1.165) is 53.8 Å². The van der Waals surface area contributed by atoms with Crippen molar-refractivity contribution in [3.05, 3.63) is 89.4 Å². The number of rotatable bonds is 3. The molecule has 1 saturated heterocycles. The number of hydrogen-bond donors (Lipinski definition) is 0. The molecule has 1 fully saturated rings. The minimum absolute atomic E-state index is 0.00993. The van der Waals surface area contributed by atoms with Crippen LogP contribution in [0, 0.1) is 13.8 Å². The molecule has 1 aliphatic rings. The maximum absolute atomic E-state index is 13.0. The van der Waals surface area contributed by atoms with Crippen molar-refractivity contribution in [1.82, 2.24) is 19.9 Å². The van der Waals surface area contributed by atoms with Gasteiger partial charge in [-0.15, -0.1) is 0 Å². The lowest BCUT2D eigenvalue weighted by Crippen LogP contribution is -2.38. The molecule has 0 radical (unpaired) electrons. The molecule has 2 aromatic heterocycles. The molecule has 0 aliphatic carbocycles. The van der Waals surface area contributed by atoms with E-state index in [1.165, 1.54) is 11.1 Å². The molecule has 5 nitrogen and oxygen atoms in total. The van der Waals surface area contributed by atoms with Gasteiger partial charge in [-0.3, -0.25) is 4.79 Å². The van der Waals surface area contributed by atoms with Crippen LogP contribution in [0.3, 0.4) is 0 Å². The standard InChI is InChI=1S/C27H26N4O/c1-18-6-5-8-23(19(18)2)26-28-16-22(17-29-26)20-12-14-31(15-13-20)27(32)25-11-10-21-7-3-4-9-24(21)30-25/h3-11,16-17,20H,12-15H2,1-2H3. The third-order valence-electron chi connectivity index (χ3n) is 6.59. The summed E-state index contributed by atoms with van der Waals surface area (Å²) in [5.41, 5.74) is 6.06. The first kappa shape index (κ1) is 20.3. The average Bonchev–Trinajstić information content (AvgIpc) is 2.85. The van der Waals surface area contributed by atoms with Crippen LogP contribution in [0.2, 0.25) is 0 Å². The zero-order chi connectivity index (χ0) is 22.1. The molecule has 0 spiro atoms. The lowest BCUT2D eigenvalue weighted by Gasteiger charge is -2.31. The summed E-state index contributed by atoms with van der Waals surface area (Å²) in [6.07, 6.45) is 5.73. The highest BCUT2D eigenvalue weighted by Crippen LogP contribution is 2.29. The van der Waals surface area contributed by atoms with Gasteiger partial charge in [0.2, 0.25) is 0 Å². The number of piperidine rings is 1. The third kappa shape index (κ3) is 3.86. The summed E-state index contributed by atoms with van der Waals surface area (Å²) >= 11 is 0. The molecule has 160 valence electrons. The number of hydrogen-bond acceptors (Lipinski definition) is 4. The van der Waals surface area contributed by atoms with E-state index in [2.05, 4.69) is 40.9 Å². The summed E-state index contributed by atoms with van der Waals surface area (Å²) in [4.78, 5) is 28.8. The Kier molecular flexibility index (Phi) is 5.39. The van der Waals surface area contributed by atoms with Crippen molar-refractivity contribution >= 4 is 16.8 Å². The minimum Gasteiger partial charge on any atom is -0.337 e. The van der Waals surface area contributed by atoms with E-state index in [9.17, 15) is 4.79 Å². The smallest absolute Gasteiger partial charge is 0.272 e. The quantitative estimate of drug-likeness (QED) is 0.448. The van der Waals surface area contributed by atoms with Crippen LogP contribution in [0.4, 0.5) is 0 Å². The van der Waals surface area contributed by atoms with Crippen molar-refractivity contribution in [2.45, 2.75) is 32.6 Å². The van der Waals surface area contributed by atoms with E-state index < -0.39 is 0 Å². The number of para-hydroxylation sites is 1. The number of pyridine rings is 1. The van der Waals surface area contributed by atoms with Crippen LogP contribution in [-0.2, 0) is 0 Å². The highest BCUT2D eigenvalue weighted by atomic mass is 16.2. The maximum Gasteiger partial charge on any atom is 0.272 e. The number of carbonyl (C=O) groups excluding carboxylic acids is 1. The Morgan fingerprint density at radius 2 is 1.66 bits per heavy atom. The first-order valence-electron chi connectivity index (χ1n) is 11.1. The lowest BCUT2D eigenvalue weighted by atomic mass is 9.91. The predicted octanol–water partition coefficient (Wildman–Crippen LogP) is 5.33. The van der Waals surface area contributed by atoms with Crippen LogP contribution < -0.4 is 0 Å². The summed E-state index contributed by atoms with van der Waals surface area (Å²) < 4.78 is 0. The van der Waals surface area contributed by atoms with Crippen LogP contribution in [-0.4, -0.2) is 38.8 Å². The van der Waals surface area contributed by atoms with Crippen molar-refractivity contribution < 1.29 is 4.79 Å². The van der Waals surface area contributed by atoms with Crippen molar-refractivity contribution in [1.29, 1.82) is 0 Å².